The van der Waals surface area contributed by atoms with E-state index in [4.69, 9.17) is 17.0 Å². The van der Waals surface area contributed by atoms with Gasteiger partial charge >= 0.3 is 5.97 Å². The number of benzene rings is 2. The number of nitrogens with zero attached hydrogens (tertiary/aromatic N) is 2. The Morgan fingerprint density at radius 2 is 1.97 bits per heavy atom. The monoisotopic (exact) mass is 409 g/mol. The molecular formula is C21H19N3O4S. The van der Waals surface area contributed by atoms with Gasteiger partial charge in [0.05, 0.1) is 23.5 Å². The highest BCUT2D eigenvalue weighted by Crippen LogP contribution is 2.22. The number of ether oxygens (including phenoxy) is 1. The van der Waals surface area contributed by atoms with Crippen LogP contribution in [-0.2, 0) is 14.3 Å². The van der Waals surface area contributed by atoms with Gasteiger partial charge in [-0.3, -0.25) is 19.5 Å². The van der Waals surface area contributed by atoms with Crippen LogP contribution < -0.4 is 10.2 Å². The molecule has 1 fully saturated rings. The molecule has 1 aliphatic rings. The predicted octanol–water partition coefficient (Wildman–Crippen LogP) is 2.94. The third-order valence-electron chi connectivity index (χ3n) is 4.22. The molecule has 2 aromatic rings. The lowest BCUT2D eigenvalue weighted by Gasteiger charge is -2.30. The molecule has 0 saturated carbocycles. The van der Waals surface area contributed by atoms with E-state index in [9.17, 15) is 14.4 Å². The molecule has 0 aliphatic carbocycles. The number of esters is 1. The number of hydrogen-bond donors (Lipinski definition) is 1. The summed E-state index contributed by atoms with van der Waals surface area (Å²) < 4.78 is 4.96. The number of amides is 2. The van der Waals surface area contributed by atoms with Crippen LogP contribution in [0.2, 0.25) is 0 Å². The lowest BCUT2D eigenvalue weighted by molar-refractivity contribution is -0.130. The lowest BCUT2D eigenvalue weighted by Crippen LogP contribution is -2.58. The van der Waals surface area contributed by atoms with Gasteiger partial charge in [0.15, 0.2) is 11.0 Å². The Bertz CT molecular complexity index is 1000. The molecule has 7 nitrogen and oxygen atoms in total. The highest BCUT2D eigenvalue weighted by molar-refractivity contribution is 7.80. The zero-order valence-electron chi connectivity index (χ0n) is 15.9. The summed E-state index contributed by atoms with van der Waals surface area (Å²) in [7, 11) is 0. The third-order valence-corrected chi connectivity index (χ3v) is 4.51. The average Bonchev–Trinajstić information content (AvgIpc) is 2.69. The van der Waals surface area contributed by atoms with Crippen molar-refractivity contribution in [3.63, 3.8) is 0 Å². The highest BCUT2D eigenvalue weighted by Gasteiger charge is 2.38. The smallest absolute Gasteiger partial charge is 0.338 e. The summed E-state index contributed by atoms with van der Waals surface area (Å²) in [6.45, 7) is 3.91. The number of aliphatic imine (C=N–C) groups is 1. The normalized spacial score (nSPS) is 16.8. The minimum absolute atomic E-state index is 0.0258. The molecule has 1 aliphatic heterocycles. The first kappa shape index (κ1) is 20.3. The second-order valence-electron chi connectivity index (χ2n) is 6.33. The van der Waals surface area contributed by atoms with Crippen LogP contribution in [0.3, 0.4) is 0 Å². The van der Waals surface area contributed by atoms with Gasteiger partial charge in [-0.25, -0.2) is 4.79 Å². The summed E-state index contributed by atoms with van der Waals surface area (Å²) in [5, 5.41) is 2.56. The van der Waals surface area contributed by atoms with E-state index in [0.29, 0.717) is 16.9 Å². The van der Waals surface area contributed by atoms with Crippen molar-refractivity contribution >= 4 is 52.7 Å². The highest BCUT2D eigenvalue weighted by atomic mass is 32.1. The average molecular weight is 409 g/mol. The minimum atomic E-state index is -1.14. The van der Waals surface area contributed by atoms with Gasteiger partial charge in [-0.2, -0.15) is 0 Å². The van der Waals surface area contributed by atoms with Crippen LogP contribution in [0.5, 0.6) is 0 Å². The zero-order chi connectivity index (χ0) is 21.0. The van der Waals surface area contributed by atoms with E-state index >= 15 is 0 Å². The summed E-state index contributed by atoms with van der Waals surface area (Å²) in [5.74, 6) is -2.65. The minimum Gasteiger partial charge on any atom is -0.462 e. The van der Waals surface area contributed by atoms with Crippen LogP contribution in [0.4, 0.5) is 11.4 Å². The number of aryl methyl sites for hydroxylation is 1. The topological polar surface area (TPSA) is 88.1 Å². The predicted molar refractivity (Wildman–Crippen MR) is 113 cm³/mol. The SMILES string of the molecule is CCOC(=O)c1cccc(N=C[C@@H]2C(=O)NC(=S)N(c3ccc(C)cc3)C2=O)c1. The Morgan fingerprint density at radius 1 is 1.24 bits per heavy atom. The Kier molecular flexibility index (Phi) is 6.13. The van der Waals surface area contributed by atoms with E-state index in [1.54, 1.807) is 37.3 Å². The molecule has 1 atom stereocenters. The lowest BCUT2D eigenvalue weighted by atomic mass is 10.1. The number of carbonyl (C=O) groups is 3. The maximum atomic E-state index is 12.9. The van der Waals surface area contributed by atoms with Crippen molar-refractivity contribution in [1.82, 2.24) is 5.32 Å². The standard InChI is InChI=1S/C21H19N3O4S/c1-3-28-20(27)14-5-4-6-15(11-14)22-12-17-18(25)23-21(29)24(19(17)26)16-9-7-13(2)8-10-16/h4-12,17H,3H2,1-2H3,(H,23,25,29)/t17-/m1/s1. The van der Waals surface area contributed by atoms with Crippen molar-refractivity contribution in [2.75, 3.05) is 11.5 Å². The van der Waals surface area contributed by atoms with E-state index in [2.05, 4.69) is 10.3 Å². The third kappa shape index (κ3) is 4.55. The van der Waals surface area contributed by atoms with Gasteiger partial charge in [0, 0.05) is 6.21 Å². The van der Waals surface area contributed by atoms with E-state index in [1.165, 1.54) is 17.2 Å². The number of hydrogen-bond acceptors (Lipinski definition) is 6. The van der Waals surface area contributed by atoms with E-state index < -0.39 is 23.7 Å². The summed E-state index contributed by atoms with van der Waals surface area (Å²) in [4.78, 5) is 42.6. The number of rotatable bonds is 5. The maximum absolute atomic E-state index is 12.9. The van der Waals surface area contributed by atoms with Crippen LogP contribution in [0.25, 0.3) is 0 Å². The Hall–Kier alpha value is -3.39. The first-order valence-corrected chi connectivity index (χ1v) is 9.38. The van der Waals surface area contributed by atoms with Crippen LogP contribution in [0.15, 0.2) is 53.5 Å². The van der Waals surface area contributed by atoms with Crippen LogP contribution in [0, 0.1) is 12.8 Å². The van der Waals surface area contributed by atoms with Crippen molar-refractivity contribution < 1.29 is 19.1 Å². The molecule has 148 valence electrons. The maximum Gasteiger partial charge on any atom is 0.338 e. The largest absolute Gasteiger partial charge is 0.462 e. The molecule has 3 rings (SSSR count). The molecule has 0 aromatic heterocycles. The second-order valence-corrected chi connectivity index (χ2v) is 6.72. The van der Waals surface area contributed by atoms with Crippen molar-refractivity contribution in [1.29, 1.82) is 0 Å². The number of nitrogens with one attached hydrogen (secondary N) is 1. The fourth-order valence-electron chi connectivity index (χ4n) is 2.75. The quantitative estimate of drug-likeness (QED) is 0.355. The molecule has 1 N–H and O–H groups in total. The summed E-state index contributed by atoms with van der Waals surface area (Å²) >= 11 is 5.17. The van der Waals surface area contributed by atoms with Gasteiger partial charge in [-0.15, -0.1) is 0 Å². The molecular weight excluding hydrogens is 390 g/mol. The van der Waals surface area contributed by atoms with Gasteiger partial charge in [0.25, 0.3) is 5.91 Å². The molecule has 29 heavy (non-hydrogen) atoms. The van der Waals surface area contributed by atoms with Crippen molar-refractivity contribution in [2.24, 2.45) is 10.9 Å². The summed E-state index contributed by atoms with van der Waals surface area (Å²) in [5.41, 5.74) is 2.36. The molecule has 0 unspecified atom stereocenters. The van der Waals surface area contributed by atoms with Crippen LogP contribution in [0.1, 0.15) is 22.8 Å². The molecule has 2 aromatic carbocycles. The fraction of sp³-hybridized carbons (Fsp3) is 0.190. The number of carbonyl (C=O) groups excluding carboxylic acids is 3. The Morgan fingerprint density at radius 3 is 2.66 bits per heavy atom. The molecule has 2 amide bonds. The molecule has 1 saturated heterocycles. The van der Waals surface area contributed by atoms with E-state index in [1.807, 2.05) is 19.1 Å². The van der Waals surface area contributed by atoms with Gasteiger partial charge in [-0.1, -0.05) is 23.8 Å². The van der Waals surface area contributed by atoms with Gasteiger partial charge in [0.1, 0.15) is 0 Å². The van der Waals surface area contributed by atoms with Crippen molar-refractivity contribution in [3.8, 4) is 0 Å². The molecule has 0 spiro atoms. The molecule has 1 heterocycles. The molecule has 0 radical (unpaired) electrons. The first-order valence-electron chi connectivity index (χ1n) is 8.97. The molecule has 0 bridgehead atoms. The van der Waals surface area contributed by atoms with Crippen molar-refractivity contribution in [2.45, 2.75) is 13.8 Å². The first-order chi connectivity index (χ1) is 13.9. The van der Waals surface area contributed by atoms with Crippen molar-refractivity contribution in [3.05, 3.63) is 59.7 Å². The summed E-state index contributed by atoms with van der Waals surface area (Å²) in [6.07, 6.45) is 1.25. The number of thiocarbonyl (C=S) groups is 1. The van der Waals surface area contributed by atoms with Crippen LogP contribution >= 0.6 is 12.2 Å². The Labute approximate surface area is 173 Å². The second kappa shape index (κ2) is 8.74. The van der Waals surface area contributed by atoms with Gasteiger partial charge in [-0.05, 0) is 56.4 Å². The molecule has 8 heteroatoms. The number of anilines is 1. The van der Waals surface area contributed by atoms with Crippen LogP contribution in [-0.4, -0.2) is 35.7 Å². The van der Waals surface area contributed by atoms with Gasteiger partial charge < -0.3 is 10.1 Å². The van der Waals surface area contributed by atoms with Gasteiger partial charge in [0.2, 0.25) is 5.91 Å². The Balaban J connectivity index is 1.84. The fourth-order valence-corrected chi connectivity index (χ4v) is 3.04. The van der Waals surface area contributed by atoms with E-state index in [0.717, 1.165) is 5.56 Å². The summed E-state index contributed by atoms with van der Waals surface area (Å²) in [6, 6.07) is 13.7. The zero-order valence-corrected chi connectivity index (χ0v) is 16.7. The van der Waals surface area contributed by atoms with E-state index in [-0.39, 0.29) is 11.7 Å².